The number of methoxy groups -OCH3 is 1. The highest BCUT2D eigenvalue weighted by molar-refractivity contribution is 6.00. The van der Waals surface area contributed by atoms with Gasteiger partial charge in [-0.3, -0.25) is 5.43 Å². The topological polar surface area (TPSA) is 86.1 Å². The zero-order valence-corrected chi connectivity index (χ0v) is 14.4. The molecule has 126 valence electrons. The molecule has 0 atom stereocenters. The molecular weight excluding hydrogens is 314 g/mol. The maximum absolute atomic E-state index is 9.44. The molecule has 0 amide bonds. The van der Waals surface area contributed by atoms with Crippen molar-refractivity contribution in [3.05, 3.63) is 58.4 Å². The number of aromatic nitrogens is 2. The zero-order chi connectivity index (χ0) is 17.8. The van der Waals surface area contributed by atoms with Crippen LogP contribution in [0.4, 0.5) is 5.82 Å². The monoisotopic (exact) mass is 333 g/mol. The highest BCUT2D eigenvalue weighted by Gasteiger charge is 2.11. The standard InChI is InChI=1S/C19H19N5O/c1-12-8-14(11-25-3)16(9-20)19(22-12)24-21-10-17-13(2)23-18-7-5-4-6-15(17)18/h4-8,10,23H,11H2,1-3H3,(H,22,24). The predicted octanol–water partition coefficient (Wildman–Crippen LogP) is 3.64. The number of rotatable bonds is 5. The Morgan fingerprint density at radius 1 is 1.36 bits per heavy atom. The van der Waals surface area contributed by atoms with Gasteiger partial charge >= 0.3 is 0 Å². The van der Waals surface area contributed by atoms with Crippen molar-refractivity contribution in [2.24, 2.45) is 5.10 Å². The van der Waals surface area contributed by atoms with Gasteiger partial charge in [-0.25, -0.2) is 4.98 Å². The van der Waals surface area contributed by atoms with Crippen LogP contribution in [-0.4, -0.2) is 23.3 Å². The van der Waals surface area contributed by atoms with Crippen molar-refractivity contribution in [2.45, 2.75) is 20.5 Å². The second kappa shape index (κ2) is 7.16. The highest BCUT2D eigenvalue weighted by Crippen LogP contribution is 2.21. The maximum atomic E-state index is 9.44. The molecule has 3 aromatic rings. The summed E-state index contributed by atoms with van der Waals surface area (Å²) in [5, 5.41) is 14.8. The Labute approximate surface area is 146 Å². The van der Waals surface area contributed by atoms with Gasteiger partial charge in [0.05, 0.1) is 12.8 Å². The minimum atomic E-state index is 0.353. The van der Waals surface area contributed by atoms with Gasteiger partial charge in [0.15, 0.2) is 5.82 Å². The largest absolute Gasteiger partial charge is 0.380 e. The van der Waals surface area contributed by atoms with Gasteiger partial charge < -0.3 is 9.72 Å². The van der Waals surface area contributed by atoms with E-state index in [1.165, 1.54) is 0 Å². The molecule has 2 N–H and O–H groups in total. The summed E-state index contributed by atoms with van der Waals surface area (Å²) in [7, 11) is 1.60. The predicted molar refractivity (Wildman–Crippen MR) is 98.7 cm³/mol. The van der Waals surface area contributed by atoms with Crippen LogP contribution in [0.1, 0.15) is 28.1 Å². The Kier molecular flexibility index (Phi) is 4.78. The number of pyridine rings is 1. The van der Waals surface area contributed by atoms with E-state index in [1.54, 1.807) is 13.3 Å². The second-order valence-electron chi connectivity index (χ2n) is 5.77. The van der Waals surface area contributed by atoms with Crippen LogP contribution in [0.3, 0.4) is 0 Å². The zero-order valence-electron chi connectivity index (χ0n) is 14.4. The van der Waals surface area contributed by atoms with Crippen molar-refractivity contribution in [3.8, 4) is 6.07 Å². The summed E-state index contributed by atoms with van der Waals surface area (Å²) in [6.45, 7) is 4.23. The van der Waals surface area contributed by atoms with Gasteiger partial charge in [-0.15, -0.1) is 0 Å². The third-order valence-corrected chi connectivity index (χ3v) is 3.95. The number of anilines is 1. The number of H-pyrrole nitrogens is 1. The number of hydrazone groups is 1. The van der Waals surface area contributed by atoms with Crippen LogP contribution in [0.2, 0.25) is 0 Å². The number of aromatic amines is 1. The number of fused-ring (bicyclic) bond motifs is 1. The number of benzene rings is 1. The number of ether oxygens (including phenoxy) is 1. The van der Waals surface area contributed by atoms with E-state index in [9.17, 15) is 5.26 Å². The molecule has 0 saturated carbocycles. The smallest absolute Gasteiger partial charge is 0.164 e. The molecule has 0 unspecified atom stereocenters. The van der Waals surface area contributed by atoms with Gasteiger partial charge in [-0.05, 0) is 26.0 Å². The van der Waals surface area contributed by atoms with E-state index in [-0.39, 0.29) is 0 Å². The van der Waals surface area contributed by atoms with Crippen molar-refractivity contribution >= 4 is 22.9 Å². The van der Waals surface area contributed by atoms with E-state index < -0.39 is 0 Å². The minimum Gasteiger partial charge on any atom is -0.380 e. The van der Waals surface area contributed by atoms with Gasteiger partial charge in [0.2, 0.25) is 0 Å². The van der Waals surface area contributed by atoms with Gasteiger partial charge in [0.25, 0.3) is 0 Å². The summed E-state index contributed by atoms with van der Waals surface area (Å²) < 4.78 is 5.16. The second-order valence-corrected chi connectivity index (χ2v) is 5.77. The van der Waals surface area contributed by atoms with E-state index in [0.717, 1.165) is 33.4 Å². The average molecular weight is 333 g/mol. The van der Waals surface area contributed by atoms with Crippen molar-refractivity contribution in [3.63, 3.8) is 0 Å². The molecule has 0 aliphatic rings. The molecule has 0 fully saturated rings. The van der Waals surface area contributed by atoms with E-state index in [1.807, 2.05) is 44.2 Å². The Morgan fingerprint density at radius 2 is 2.16 bits per heavy atom. The number of hydrogen-bond donors (Lipinski definition) is 2. The lowest BCUT2D eigenvalue weighted by Crippen LogP contribution is -2.03. The number of nitriles is 1. The summed E-state index contributed by atoms with van der Waals surface area (Å²) in [6, 6.07) is 12.1. The molecule has 6 nitrogen and oxygen atoms in total. The van der Waals surface area contributed by atoms with Crippen LogP contribution in [-0.2, 0) is 11.3 Å². The van der Waals surface area contributed by atoms with Gasteiger partial charge in [0.1, 0.15) is 11.6 Å². The molecule has 0 aliphatic carbocycles. The summed E-state index contributed by atoms with van der Waals surface area (Å²) in [5.74, 6) is 0.434. The third kappa shape index (κ3) is 3.37. The molecule has 0 saturated heterocycles. The lowest BCUT2D eigenvalue weighted by Gasteiger charge is -2.09. The number of aryl methyl sites for hydroxylation is 2. The Balaban J connectivity index is 1.92. The lowest BCUT2D eigenvalue weighted by molar-refractivity contribution is 0.184. The van der Waals surface area contributed by atoms with Crippen LogP contribution in [0, 0.1) is 25.2 Å². The Bertz CT molecular complexity index is 981. The molecule has 0 bridgehead atoms. The molecule has 0 aliphatic heterocycles. The first-order valence-electron chi connectivity index (χ1n) is 7.90. The van der Waals surface area contributed by atoms with E-state index >= 15 is 0 Å². The molecule has 25 heavy (non-hydrogen) atoms. The molecule has 1 aromatic carbocycles. The van der Waals surface area contributed by atoms with Crippen LogP contribution in [0.5, 0.6) is 0 Å². The summed E-state index contributed by atoms with van der Waals surface area (Å²) in [5.41, 5.74) is 8.04. The maximum Gasteiger partial charge on any atom is 0.164 e. The fourth-order valence-corrected chi connectivity index (χ4v) is 2.84. The van der Waals surface area contributed by atoms with E-state index in [0.29, 0.717) is 18.0 Å². The molecule has 2 aromatic heterocycles. The van der Waals surface area contributed by atoms with Crippen molar-refractivity contribution < 1.29 is 4.74 Å². The summed E-state index contributed by atoms with van der Waals surface area (Å²) >= 11 is 0. The SMILES string of the molecule is COCc1cc(C)nc(NN=Cc2c(C)[nH]c3ccccc23)c1C#N. The van der Waals surface area contributed by atoms with Crippen LogP contribution < -0.4 is 5.43 Å². The van der Waals surface area contributed by atoms with Crippen LogP contribution in [0.25, 0.3) is 10.9 Å². The first-order valence-corrected chi connectivity index (χ1v) is 7.90. The van der Waals surface area contributed by atoms with Crippen molar-refractivity contribution in [2.75, 3.05) is 12.5 Å². The number of para-hydroxylation sites is 1. The molecule has 0 spiro atoms. The molecule has 6 heteroatoms. The molecule has 2 heterocycles. The quantitative estimate of drug-likeness (QED) is 0.551. The van der Waals surface area contributed by atoms with E-state index in [4.69, 9.17) is 4.74 Å². The number of nitrogens with zero attached hydrogens (tertiary/aromatic N) is 3. The Morgan fingerprint density at radius 3 is 2.92 bits per heavy atom. The van der Waals surface area contributed by atoms with E-state index in [2.05, 4.69) is 26.6 Å². The van der Waals surface area contributed by atoms with Crippen molar-refractivity contribution in [1.82, 2.24) is 9.97 Å². The summed E-state index contributed by atoms with van der Waals surface area (Å²) in [4.78, 5) is 7.71. The molecule has 3 rings (SSSR count). The minimum absolute atomic E-state index is 0.353. The van der Waals surface area contributed by atoms with Crippen LogP contribution in [0.15, 0.2) is 35.4 Å². The fraction of sp³-hybridized carbons (Fsp3) is 0.211. The first kappa shape index (κ1) is 16.7. The van der Waals surface area contributed by atoms with Crippen molar-refractivity contribution in [1.29, 1.82) is 5.26 Å². The molecular formula is C19H19N5O. The van der Waals surface area contributed by atoms with Crippen LogP contribution >= 0.6 is 0 Å². The third-order valence-electron chi connectivity index (χ3n) is 3.95. The lowest BCUT2D eigenvalue weighted by atomic mass is 10.1. The number of nitrogens with one attached hydrogen (secondary N) is 2. The average Bonchev–Trinajstić information content (AvgIpc) is 2.91. The number of hydrogen-bond acceptors (Lipinski definition) is 5. The highest BCUT2D eigenvalue weighted by atomic mass is 16.5. The molecule has 0 radical (unpaired) electrons. The fourth-order valence-electron chi connectivity index (χ4n) is 2.84. The first-order chi connectivity index (χ1) is 12.1. The summed E-state index contributed by atoms with van der Waals surface area (Å²) in [6.07, 6.45) is 1.75. The van der Waals surface area contributed by atoms with Gasteiger partial charge in [-0.2, -0.15) is 10.4 Å². The normalized spacial score (nSPS) is 11.1. The van der Waals surface area contributed by atoms with Gasteiger partial charge in [0, 0.05) is 40.5 Å². The van der Waals surface area contributed by atoms with Gasteiger partial charge in [-0.1, -0.05) is 18.2 Å². The Hall–Kier alpha value is -3.17.